The zero-order chi connectivity index (χ0) is 17.5. The van der Waals surface area contributed by atoms with Crippen LogP contribution in [0.5, 0.6) is 0 Å². The number of carbonyl (C=O) groups is 3. The van der Waals surface area contributed by atoms with Gasteiger partial charge in [-0.2, -0.15) is 0 Å². The van der Waals surface area contributed by atoms with Crippen LogP contribution in [0, 0.1) is 5.92 Å². The first kappa shape index (κ1) is 20.2. The summed E-state index contributed by atoms with van der Waals surface area (Å²) in [6, 6.07) is -1.57. The maximum Gasteiger partial charge on any atom is 0.408 e. The number of hydrogen-bond acceptors (Lipinski definition) is 5. The van der Waals surface area contributed by atoms with E-state index in [0.29, 0.717) is 6.42 Å². The number of nitrogens with one attached hydrogen (secondary N) is 2. The molecule has 0 spiro atoms. The maximum atomic E-state index is 12.1. The monoisotopic (exact) mass is 316 g/mol. The molecule has 0 aromatic heterocycles. The zero-order valence-electron chi connectivity index (χ0n) is 14.5. The van der Waals surface area contributed by atoms with Gasteiger partial charge in [-0.15, -0.1) is 0 Å². The highest BCUT2D eigenvalue weighted by molar-refractivity contribution is 5.89. The van der Waals surface area contributed by atoms with E-state index in [-0.39, 0.29) is 5.92 Å². The molecule has 7 heteroatoms. The Bertz CT molecular complexity index is 403. The molecule has 0 saturated heterocycles. The average Bonchev–Trinajstić information content (AvgIpc) is 2.40. The minimum Gasteiger partial charge on any atom is -0.467 e. The van der Waals surface area contributed by atoms with E-state index >= 15 is 0 Å². The van der Waals surface area contributed by atoms with Crippen molar-refractivity contribution in [3.05, 3.63) is 0 Å². The highest BCUT2D eigenvalue weighted by atomic mass is 16.6. The minimum absolute atomic E-state index is 0.0786. The summed E-state index contributed by atoms with van der Waals surface area (Å²) in [7, 11) is 1.27. The molecule has 22 heavy (non-hydrogen) atoms. The summed E-state index contributed by atoms with van der Waals surface area (Å²) in [4.78, 5) is 35.5. The van der Waals surface area contributed by atoms with Crippen molar-refractivity contribution in [3.63, 3.8) is 0 Å². The van der Waals surface area contributed by atoms with E-state index in [2.05, 4.69) is 10.6 Å². The second-order valence-corrected chi connectivity index (χ2v) is 6.26. The Morgan fingerprint density at radius 2 is 1.64 bits per heavy atom. The summed E-state index contributed by atoms with van der Waals surface area (Å²) in [5.41, 5.74) is -0.647. The van der Waals surface area contributed by atoms with Gasteiger partial charge in [0.05, 0.1) is 7.11 Å². The van der Waals surface area contributed by atoms with Gasteiger partial charge in [0.25, 0.3) is 0 Å². The molecule has 3 atom stereocenters. The highest BCUT2D eigenvalue weighted by Gasteiger charge is 2.29. The zero-order valence-corrected chi connectivity index (χ0v) is 14.5. The lowest BCUT2D eigenvalue weighted by molar-refractivity contribution is -0.146. The fraction of sp³-hybridized carbons (Fsp3) is 0.800. The lowest BCUT2D eigenvalue weighted by Gasteiger charge is -2.25. The van der Waals surface area contributed by atoms with Crippen LogP contribution in [0.25, 0.3) is 0 Å². The smallest absolute Gasteiger partial charge is 0.408 e. The normalized spacial score (nSPS) is 15.2. The van der Waals surface area contributed by atoms with Crippen molar-refractivity contribution in [3.8, 4) is 0 Å². The Hall–Kier alpha value is -1.79. The summed E-state index contributed by atoms with van der Waals surface area (Å²) in [5.74, 6) is -1.06. The van der Waals surface area contributed by atoms with Crippen LogP contribution in [0.1, 0.15) is 48.0 Å². The summed E-state index contributed by atoms with van der Waals surface area (Å²) in [6.45, 7) is 10.5. The van der Waals surface area contributed by atoms with Crippen LogP contribution in [-0.2, 0) is 19.1 Å². The fourth-order valence-corrected chi connectivity index (χ4v) is 1.62. The molecule has 0 aliphatic rings. The third kappa shape index (κ3) is 7.28. The second-order valence-electron chi connectivity index (χ2n) is 6.26. The first-order chi connectivity index (χ1) is 10.0. The van der Waals surface area contributed by atoms with Crippen LogP contribution in [0.4, 0.5) is 4.79 Å². The molecule has 2 N–H and O–H groups in total. The lowest BCUT2D eigenvalue weighted by atomic mass is 9.99. The molecule has 3 unspecified atom stereocenters. The minimum atomic E-state index is -0.828. The molecular weight excluding hydrogens is 288 g/mol. The van der Waals surface area contributed by atoms with Crippen molar-refractivity contribution in [2.75, 3.05) is 7.11 Å². The number of rotatable bonds is 6. The Morgan fingerprint density at radius 1 is 1.09 bits per heavy atom. The van der Waals surface area contributed by atoms with E-state index in [1.807, 2.05) is 13.8 Å². The number of hydrogen-bond donors (Lipinski definition) is 2. The van der Waals surface area contributed by atoms with Gasteiger partial charge >= 0.3 is 12.1 Å². The van der Waals surface area contributed by atoms with E-state index in [1.165, 1.54) is 14.0 Å². The van der Waals surface area contributed by atoms with Gasteiger partial charge in [-0.3, -0.25) is 4.79 Å². The van der Waals surface area contributed by atoms with Gasteiger partial charge < -0.3 is 20.1 Å². The Labute approximate surface area is 132 Å². The topological polar surface area (TPSA) is 93.7 Å². The van der Waals surface area contributed by atoms with Crippen LogP contribution < -0.4 is 10.6 Å². The van der Waals surface area contributed by atoms with E-state index in [9.17, 15) is 14.4 Å². The summed E-state index contributed by atoms with van der Waals surface area (Å²) < 4.78 is 9.78. The van der Waals surface area contributed by atoms with Crippen molar-refractivity contribution < 1.29 is 23.9 Å². The van der Waals surface area contributed by atoms with Crippen LogP contribution in [-0.4, -0.2) is 42.8 Å². The lowest BCUT2D eigenvalue weighted by Crippen LogP contribution is -2.53. The van der Waals surface area contributed by atoms with Crippen LogP contribution in [0.3, 0.4) is 0 Å². The van der Waals surface area contributed by atoms with E-state index in [4.69, 9.17) is 9.47 Å². The van der Waals surface area contributed by atoms with Crippen LogP contribution >= 0.6 is 0 Å². The van der Waals surface area contributed by atoms with Gasteiger partial charge in [0, 0.05) is 0 Å². The van der Waals surface area contributed by atoms with Gasteiger partial charge in [0.2, 0.25) is 5.91 Å². The molecule has 0 rings (SSSR count). The predicted octanol–water partition coefficient (Wildman–Crippen LogP) is 1.60. The molecule has 0 bridgehead atoms. The molecule has 7 nitrogen and oxygen atoms in total. The van der Waals surface area contributed by atoms with E-state index in [0.717, 1.165) is 0 Å². The van der Waals surface area contributed by atoms with Gasteiger partial charge in [-0.05, 0) is 33.6 Å². The van der Waals surface area contributed by atoms with Gasteiger partial charge in [0.15, 0.2) is 0 Å². The molecule has 0 saturated carbocycles. The number of methoxy groups -OCH3 is 1. The number of carbonyl (C=O) groups excluding carboxylic acids is 3. The molecule has 0 fully saturated rings. The first-order valence-corrected chi connectivity index (χ1v) is 7.39. The van der Waals surface area contributed by atoms with Gasteiger partial charge in [-0.1, -0.05) is 20.3 Å². The molecule has 0 aliphatic heterocycles. The predicted molar refractivity (Wildman–Crippen MR) is 82.2 cm³/mol. The van der Waals surface area contributed by atoms with Crippen molar-refractivity contribution in [2.24, 2.45) is 5.92 Å². The standard InChI is InChI=1S/C15H28N2O5/c1-8-9(2)11(13(19)21-7)17-12(18)10(3)16-14(20)22-15(4,5)6/h9-11H,8H2,1-7H3,(H,16,20)(H,17,18). The Kier molecular flexibility index (Phi) is 7.90. The quantitative estimate of drug-likeness (QED) is 0.726. The average molecular weight is 316 g/mol. The largest absolute Gasteiger partial charge is 0.467 e. The molecule has 0 aliphatic carbocycles. The molecule has 128 valence electrons. The summed E-state index contributed by atoms with van der Waals surface area (Å²) in [5, 5.41) is 5.03. The van der Waals surface area contributed by atoms with E-state index < -0.39 is 35.7 Å². The fourth-order valence-electron chi connectivity index (χ4n) is 1.62. The van der Waals surface area contributed by atoms with E-state index in [1.54, 1.807) is 20.8 Å². The molecule has 2 amide bonds. The number of ether oxygens (including phenoxy) is 2. The third-order valence-electron chi connectivity index (χ3n) is 3.09. The second kappa shape index (κ2) is 8.60. The SMILES string of the molecule is CCC(C)C(NC(=O)C(C)NC(=O)OC(C)(C)C)C(=O)OC. The van der Waals surface area contributed by atoms with Crippen LogP contribution in [0.15, 0.2) is 0 Å². The van der Waals surface area contributed by atoms with Crippen molar-refractivity contribution in [2.45, 2.75) is 65.6 Å². The molecule has 0 heterocycles. The Balaban J connectivity index is 4.67. The van der Waals surface area contributed by atoms with Crippen molar-refractivity contribution in [1.29, 1.82) is 0 Å². The van der Waals surface area contributed by atoms with Crippen molar-refractivity contribution in [1.82, 2.24) is 10.6 Å². The van der Waals surface area contributed by atoms with Gasteiger partial charge in [0.1, 0.15) is 17.7 Å². The molecule has 0 radical (unpaired) electrons. The number of amides is 2. The molecule has 0 aromatic rings. The number of esters is 1. The first-order valence-electron chi connectivity index (χ1n) is 7.39. The highest BCUT2D eigenvalue weighted by Crippen LogP contribution is 2.10. The maximum absolute atomic E-state index is 12.1. The van der Waals surface area contributed by atoms with Crippen LogP contribution in [0.2, 0.25) is 0 Å². The van der Waals surface area contributed by atoms with Crippen molar-refractivity contribution >= 4 is 18.0 Å². The third-order valence-corrected chi connectivity index (χ3v) is 3.09. The van der Waals surface area contributed by atoms with Gasteiger partial charge in [-0.25, -0.2) is 9.59 Å². The molecular formula is C15H28N2O5. The number of alkyl carbamates (subject to hydrolysis) is 1. The summed E-state index contributed by atoms with van der Waals surface area (Å²) in [6.07, 6.45) is 0.0156. The molecule has 0 aromatic carbocycles. The summed E-state index contributed by atoms with van der Waals surface area (Å²) >= 11 is 0. The Morgan fingerprint density at radius 3 is 2.05 bits per heavy atom.